The maximum Gasteiger partial charge on any atom is 0.255 e. The SMILES string of the molecule is Cc1ccc(S(=O)(=O)C=CNC(=O)c2ccccc2)cc1. The van der Waals surface area contributed by atoms with Gasteiger partial charge in [-0.1, -0.05) is 35.9 Å². The van der Waals surface area contributed by atoms with Gasteiger partial charge in [0.05, 0.1) is 10.3 Å². The molecule has 0 aromatic heterocycles. The molecular weight excluding hydrogens is 286 g/mol. The minimum atomic E-state index is -3.55. The first-order chi connectivity index (χ1) is 9.99. The van der Waals surface area contributed by atoms with Gasteiger partial charge in [0.2, 0.25) is 9.84 Å². The summed E-state index contributed by atoms with van der Waals surface area (Å²) >= 11 is 0. The third-order valence-corrected chi connectivity index (χ3v) is 4.27. The molecule has 1 amide bonds. The zero-order chi connectivity index (χ0) is 15.3. The van der Waals surface area contributed by atoms with E-state index in [1.807, 2.05) is 6.92 Å². The summed E-state index contributed by atoms with van der Waals surface area (Å²) in [5.74, 6) is -0.356. The maximum absolute atomic E-state index is 12.0. The van der Waals surface area contributed by atoms with Crippen molar-refractivity contribution >= 4 is 15.7 Å². The number of hydrogen-bond acceptors (Lipinski definition) is 3. The Kier molecular flexibility index (Phi) is 4.55. The molecule has 108 valence electrons. The van der Waals surface area contributed by atoms with E-state index in [1.54, 1.807) is 42.5 Å². The number of benzene rings is 2. The summed E-state index contributed by atoms with van der Waals surface area (Å²) in [6.07, 6.45) is 1.14. The summed E-state index contributed by atoms with van der Waals surface area (Å²) < 4.78 is 24.0. The first-order valence-electron chi connectivity index (χ1n) is 6.33. The van der Waals surface area contributed by atoms with Crippen molar-refractivity contribution in [2.75, 3.05) is 0 Å². The molecule has 0 radical (unpaired) electrons. The fraction of sp³-hybridized carbons (Fsp3) is 0.0625. The zero-order valence-electron chi connectivity index (χ0n) is 11.5. The van der Waals surface area contributed by atoms with E-state index in [-0.39, 0.29) is 10.8 Å². The second-order valence-electron chi connectivity index (χ2n) is 4.50. The first kappa shape index (κ1) is 15.0. The number of nitrogens with one attached hydrogen (secondary N) is 1. The fourth-order valence-corrected chi connectivity index (χ4v) is 2.60. The second-order valence-corrected chi connectivity index (χ2v) is 6.33. The Bertz CT molecular complexity index is 748. The lowest BCUT2D eigenvalue weighted by Gasteiger charge is -2.01. The molecule has 0 saturated heterocycles. The van der Waals surface area contributed by atoms with E-state index < -0.39 is 9.84 Å². The highest BCUT2D eigenvalue weighted by Gasteiger charge is 2.10. The summed E-state index contributed by atoms with van der Waals surface area (Å²) in [5, 5.41) is 3.42. The summed E-state index contributed by atoms with van der Waals surface area (Å²) in [6.45, 7) is 1.88. The highest BCUT2D eigenvalue weighted by molar-refractivity contribution is 7.94. The summed E-state index contributed by atoms with van der Waals surface area (Å²) in [4.78, 5) is 11.9. The van der Waals surface area contributed by atoms with Crippen LogP contribution in [0, 0.1) is 6.92 Å². The predicted molar refractivity (Wildman–Crippen MR) is 81.4 cm³/mol. The molecule has 0 bridgehead atoms. The van der Waals surface area contributed by atoms with Gasteiger partial charge in [0, 0.05) is 11.8 Å². The monoisotopic (exact) mass is 301 g/mol. The minimum absolute atomic E-state index is 0.193. The molecule has 0 aliphatic carbocycles. The average molecular weight is 301 g/mol. The third-order valence-electron chi connectivity index (χ3n) is 2.85. The quantitative estimate of drug-likeness (QED) is 0.944. The van der Waals surface area contributed by atoms with Gasteiger partial charge in [-0.3, -0.25) is 4.79 Å². The average Bonchev–Trinajstić information content (AvgIpc) is 2.48. The van der Waals surface area contributed by atoms with Crippen molar-refractivity contribution in [3.8, 4) is 0 Å². The standard InChI is InChI=1S/C16H15NO3S/c1-13-7-9-15(10-8-13)21(19,20)12-11-17-16(18)14-5-3-2-4-6-14/h2-12H,1H3,(H,17,18). The van der Waals surface area contributed by atoms with Crippen LogP contribution in [-0.4, -0.2) is 14.3 Å². The van der Waals surface area contributed by atoms with Crippen molar-refractivity contribution < 1.29 is 13.2 Å². The molecule has 2 aromatic rings. The molecule has 0 saturated carbocycles. The number of hydrogen-bond donors (Lipinski definition) is 1. The van der Waals surface area contributed by atoms with E-state index in [1.165, 1.54) is 12.1 Å². The van der Waals surface area contributed by atoms with Gasteiger partial charge in [0.25, 0.3) is 5.91 Å². The molecule has 2 rings (SSSR count). The Hall–Kier alpha value is -2.40. The molecule has 0 aliphatic heterocycles. The normalized spacial score (nSPS) is 11.5. The third kappa shape index (κ3) is 4.03. The van der Waals surface area contributed by atoms with Crippen LogP contribution < -0.4 is 5.32 Å². The molecule has 0 atom stereocenters. The molecule has 21 heavy (non-hydrogen) atoms. The predicted octanol–water partition coefficient (Wildman–Crippen LogP) is 2.67. The molecule has 0 unspecified atom stereocenters. The summed E-state index contributed by atoms with van der Waals surface area (Å²) in [6, 6.07) is 15.1. The minimum Gasteiger partial charge on any atom is -0.328 e. The van der Waals surface area contributed by atoms with Crippen LogP contribution in [0.2, 0.25) is 0 Å². The largest absolute Gasteiger partial charge is 0.328 e. The van der Waals surface area contributed by atoms with E-state index in [4.69, 9.17) is 0 Å². The van der Waals surface area contributed by atoms with Crippen LogP contribution in [0.4, 0.5) is 0 Å². The van der Waals surface area contributed by atoms with Crippen molar-refractivity contribution in [1.82, 2.24) is 5.32 Å². The van der Waals surface area contributed by atoms with Crippen LogP contribution in [-0.2, 0) is 9.84 Å². The number of sulfone groups is 1. The number of carbonyl (C=O) groups excluding carboxylic acids is 1. The highest BCUT2D eigenvalue weighted by Crippen LogP contribution is 2.12. The van der Waals surface area contributed by atoms with E-state index in [0.29, 0.717) is 5.56 Å². The van der Waals surface area contributed by atoms with Crippen LogP contribution in [0.1, 0.15) is 15.9 Å². The number of carbonyl (C=O) groups is 1. The number of amides is 1. The Labute approximate surface area is 124 Å². The topological polar surface area (TPSA) is 63.2 Å². The van der Waals surface area contributed by atoms with Crippen molar-refractivity contribution in [3.05, 3.63) is 77.3 Å². The van der Waals surface area contributed by atoms with Gasteiger partial charge in [0.15, 0.2) is 0 Å². The van der Waals surface area contributed by atoms with E-state index >= 15 is 0 Å². The lowest BCUT2D eigenvalue weighted by Crippen LogP contribution is -2.17. The maximum atomic E-state index is 12.0. The summed E-state index contributed by atoms with van der Waals surface area (Å²) in [5.41, 5.74) is 1.45. The van der Waals surface area contributed by atoms with Gasteiger partial charge in [-0.15, -0.1) is 0 Å². The van der Waals surface area contributed by atoms with Crippen molar-refractivity contribution in [2.45, 2.75) is 11.8 Å². The molecule has 0 aliphatic rings. The lowest BCUT2D eigenvalue weighted by molar-refractivity contribution is 0.0970. The molecular formula is C16H15NO3S. The Morgan fingerprint density at radius 2 is 1.62 bits per heavy atom. The lowest BCUT2D eigenvalue weighted by atomic mass is 10.2. The number of aryl methyl sites for hydroxylation is 1. The zero-order valence-corrected chi connectivity index (χ0v) is 12.3. The van der Waals surface area contributed by atoms with Crippen LogP contribution in [0.5, 0.6) is 0 Å². The molecule has 0 spiro atoms. The van der Waals surface area contributed by atoms with Gasteiger partial charge in [0.1, 0.15) is 0 Å². The van der Waals surface area contributed by atoms with Crippen LogP contribution in [0.3, 0.4) is 0 Å². The Morgan fingerprint density at radius 1 is 1.00 bits per heavy atom. The van der Waals surface area contributed by atoms with Gasteiger partial charge >= 0.3 is 0 Å². The van der Waals surface area contributed by atoms with Crippen molar-refractivity contribution in [1.29, 1.82) is 0 Å². The van der Waals surface area contributed by atoms with Gasteiger partial charge in [-0.05, 0) is 31.2 Å². The molecule has 2 aromatic carbocycles. The van der Waals surface area contributed by atoms with E-state index in [2.05, 4.69) is 5.32 Å². The van der Waals surface area contributed by atoms with Crippen molar-refractivity contribution in [2.24, 2.45) is 0 Å². The van der Waals surface area contributed by atoms with E-state index in [9.17, 15) is 13.2 Å². The van der Waals surface area contributed by atoms with Gasteiger partial charge < -0.3 is 5.32 Å². The van der Waals surface area contributed by atoms with Crippen LogP contribution in [0.25, 0.3) is 0 Å². The summed E-state index contributed by atoms with van der Waals surface area (Å²) in [7, 11) is -3.55. The molecule has 0 fully saturated rings. The Balaban J connectivity index is 2.07. The molecule has 4 nitrogen and oxygen atoms in total. The smallest absolute Gasteiger partial charge is 0.255 e. The van der Waals surface area contributed by atoms with E-state index in [0.717, 1.165) is 17.2 Å². The van der Waals surface area contributed by atoms with Crippen LogP contribution in [0.15, 0.2) is 71.1 Å². The highest BCUT2D eigenvalue weighted by atomic mass is 32.2. The molecule has 5 heteroatoms. The second kappa shape index (κ2) is 6.37. The molecule has 1 N–H and O–H groups in total. The number of rotatable bonds is 4. The van der Waals surface area contributed by atoms with Crippen molar-refractivity contribution in [3.63, 3.8) is 0 Å². The first-order valence-corrected chi connectivity index (χ1v) is 7.88. The van der Waals surface area contributed by atoms with Gasteiger partial charge in [-0.25, -0.2) is 8.42 Å². The Morgan fingerprint density at radius 3 is 2.24 bits per heavy atom. The molecule has 0 heterocycles. The fourth-order valence-electron chi connectivity index (χ4n) is 1.68. The van der Waals surface area contributed by atoms with Gasteiger partial charge in [-0.2, -0.15) is 0 Å². The van der Waals surface area contributed by atoms with Crippen LogP contribution >= 0.6 is 0 Å².